The predicted molar refractivity (Wildman–Crippen MR) is 76.6 cm³/mol. The SMILES string of the molecule is CCCc1cc(C(=O)N[C@@H](c2nccn2C)C2CC2)no1. The third-order valence-corrected chi connectivity index (χ3v) is 3.80. The van der Waals surface area contributed by atoms with E-state index >= 15 is 0 Å². The molecule has 0 aliphatic heterocycles. The lowest BCUT2D eigenvalue weighted by molar-refractivity contribution is 0.0919. The van der Waals surface area contributed by atoms with Crippen LogP contribution in [0.3, 0.4) is 0 Å². The molecule has 0 bridgehead atoms. The summed E-state index contributed by atoms with van der Waals surface area (Å²) in [5.41, 5.74) is 0.346. The van der Waals surface area contributed by atoms with Gasteiger partial charge in [-0.1, -0.05) is 12.1 Å². The van der Waals surface area contributed by atoms with Crippen LogP contribution in [0, 0.1) is 5.92 Å². The van der Waals surface area contributed by atoms with Crippen LogP contribution in [0.4, 0.5) is 0 Å². The molecular formula is C15H20N4O2. The summed E-state index contributed by atoms with van der Waals surface area (Å²) in [4.78, 5) is 16.7. The van der Waals surface area contributed by atoms with E-state index in [9.17, 15) is 4.79 Å². The Balaban J connectivity index is 1.73. The topological polar surface area (TPSA) is 73.0 Å². The van der Waals surface area contributed by atoms with Gasteiger partial charge in [-0.2, -0.15) is 0 Å². The maximum absolute atomic E-state index is 12.3. The lowest BCUT2D eigenvalue weighted by Crippen LogP contribution is -2.31. The van der Waals surface area contributed by atoms with Crippen LogP contribution < -0.4 is 5.32 Å². The molecule has 6 nitrogen and oxygen atoms in total. The van der Waals surface area contributed by atoms with Crippen molar-refractivity contribution in [2.45, 2.75) is 38.6 Å². The zero-order chi connectivity index (χ0) is 14.8. The van der Waals surface area contributed by atoms with E-state index in [1.807, 2.05) is 17.8 Å². The number of carbonyl (C=O) groups is 1. The van der Waals surface area contributed by atoms with Gasteiger partial charge in [0, 0.05) is 31.9 Å². The van der Waals surface area contributed by atoms with Gasteiger partial charge >= 0.3 is 0 Å². The molecule has 1 atom stereocenters. The second kappa shape index (κ2) is 5.71. The Hall–Kier alpha value is -2.11. The Labute approximate surface area is 123 Å². The van der Waals surface area contributed by atoms with Gasteiger partial charge in [0.25, 0.3) is 5.91 Å². The Morgan fingerprint density at radius 1 is 1.57 bits per heavy atom. The fraction of sp³-hybridized carbons (Fsp3) is 0.533. The first-order valence-electron chi connectivity index (χ1n) is 7.42. The molecule has 1 aliphatic carbocycles. The van der Waals surface area contributed by atoms with Gasteiger partial charge in [-0.15, -0.1) is 0 Å². The highest BCUT2D eigenvalue weighted by Crippen LogP contribution is 2.40. The van der Waals surface area contributed by atoms with E-state index in [0.717, 1.165) is 37.3 Å². The lowest BCUT2D eigenvalue weighted by Gasteiger charge is -2.17. The number of hydrogen-bond donors (Lipinski definition) is 1. The second-order valence-corrected chi connectivity index (χ2v) is 5.61. The van der Waals surface area contributed by atoms with Gasteiger partial charge in [-0.05, 0) is 25.2 Å². The number of imidazole rings is 1. The Kier molecular flexibility index (Phi) is 3.77. The number of nitrogens with one attached hydrogen (secondary N) is 1. The van der Waals surface area contributed by atoms with Crippen LogP contribution in [0.5, 0.6) is 0 Å². The van der Waals surface area contributed by atoms with Crippen molar-refractivity contribution >= 4 is 5.91 Å². The first-order valence-corrected chi connectivity index (χ1v) is 7.42. The minimum atomic E-state index is -0.194. The van der Waals surface area contributed by atoms with Gasteiger partial charge in [-0.3, -0.25) is 4.79 Å². The van der Waals surface area contributed by atoms with Crippen LogP contribution in [0.25, 0.3) is 0 Å². The van der Waals surface area contributed by atoms with Crippen LogP contribution in [0.2, 0.25) is 0 Å². The number of aryl methyl sites for hydroxylation is 2. The minimum absolute atomic E-state index is 0.0520. The second-order valence-electron chi connectivity index (χ2n) is 5.61. The van der Waals surface area contributed by atoms with Crippen molar-refractivity contribution in [1.82, 2.24) is 20.0 Å². The van der Waals surface area contributed by atoms with Crippen molar-refractivity contribution in [3.05, 3.63) is 35.7 Å². The van der Waals surface area contributed by atoms with Crippen molar-refractivity contribution in [3.63, 3.8) is 0 Å². The van der Waals surface area contributed by atoms with Crippen molar-refractivity contribution in [3.8, 4) is 0 Å². The molecule has 1 saturated carbocycles. The Morgan fingerprint density at radius 3 is 3.00 bits per heavy atom. The molecule has 0 spiro atoms. The van der Waals surface area contributed by atoms with Crippen molar-refractivity contribution in [2.24, 2.45) is 13.0 Å². The van der Waals surface area contributed by atoms with E-state index in [4.69, 9.17) is 4.52 Å². The van der Waals surface area contributed by atoms with Gasteiger partial charge in [0.05, 0.1) is 6.04 Å². The number of amides is 1. The molecule has 1 aliphatic rings. The third kappa shape index (κ3) is 2.99. The first kappa shape index (κ1) is 13.9. The molecule has 2 aromatic heterocycles. The zero-order valence-electron chi connectivity index (χ0n) is 12.4. The number of hydrogen-bond acceptors (Lipinski definition) is 4. The quantitative estimate of drug-likeness (QED) is 0.884. The fourth-order valence-corrected chi connectivity index (χ4v) is 2.50. The molecule has 0 radical (unpaired) electrons. The molecule has 0 aromatic carbocycles. The predicted octanol–water partition coefficient (Wildman–Crippen LogP) is 2.24. The summed E-state index contributed by atoms with van der Waals surface area (Å²) in [6.07, 6.45) is 7.66. The average Bonchev–Trinajstić information content (AvgIpc) is 3.05. The standard InChI is InChI=1S/C15H20N4O2/c1-3-4-11-9-12(18-21-11)15(20)17-13(10-5-6-10)14-16-7-8-19(14)2/h7-10,13H,3-6H2,1-2H3,(H,17,20)/t13-/m1/s1. The first-order chi connectivity index (χ1) is 10.2. The Bertz CT molecular complexity index is 627. The summed E-state index contributed by atoms with van der Waals surface area (Å²) < 4.78 is 7.12. The molecule has 6 heteroatoms. The maximum Gasteiger partial charge on any atom is 0.274 e. The van der Waals surface area contributed by atoms with E-state index in [2.05, 4.69) is 22.4 Å². The van der Waals surface area contributed by atoms with Crippen LogP contribution in [0.1, 0.15) is 54.3 Å². The van der Waals surface area contributed by atoms with E-state index < -0.39 is 0 Å². The Morgan fingerprint density at radius 2 is 2.38 bits per heavy atom. The number of rotatable bonds is 6. The van der Waals surface area contributed by atoms with Gasteiger partial charge in [-0.25, -0.2) is 4.98 Å². The van der Waals surface area contributed by atoms with Gasteiger partial charge < -0.3 is 14.4 Å². The highest BCUT2D eigenvalue weighted by atomic mass is 16.5. The normalized spacial score (nSPS) is 15.9. The van der Waals surface area contributed by atoms with Crippen LogP contribution in [-0.2, 0) is 13.5 Å². The largest absolute Gasteiger partial charge is 0.361 e. The van der Waals surface area contributed by atoms with E-state index in [-0.39, 0.29) is 11.9 Å². The fourth-order valence-electron chi connectivity index (χ4n) is 2.50. The summed E-state index contributed by atoms with van der Waals surface area (Å²) in [5, 5.41) is 6.91. The molecule has 0 unspecified atom stereocenters. The average molecular weight is 288 g/mol. The number of carbonyl (C=O) groups excluding carboxylic acids is 1. The summed E-state index contributed by atoms with van der Waals surface area (Å²) >= 11 is 0. The van der Waals surface area contributed by atoms with Crippen molar-refractivity contribution in [1.29, 1.82) is 0 Å². The molecule has 112 valence electrons. The summed E-state index contributed by atoms with van der Waals surface area (Å²) in [6.45, 7) is 2.06. The molecule has 2 aromatic rings. The van der Waals surface area contributed by atoms with Crippen molar-refractivity contribution in [2.75, 3.05) is 0 Å². The molecule has 1 N–H and O–H groups in total. The van der Waals surface area contributed by atoms with E-state index in [1.54, 1.807) is 12.3 Å². The summed E-state index contributed by atoms with van der Waals surface area (Å²) in [7, 11) is 1.94. The highest BCUT2D eigenvalue weighted by Gasteiger charge is 2.36. The molecule has 0 saturated heterocycles. The zero-order valence-corrected chi connectivity index (χ0v) is 12.4. The van der Waals surface area contributed by atoms with Gasteiger partial charge in [0.15, 0.2) is 5.69 Å². The van der Waals surface area contributed by atoms with Gasteiger partial charge in [0.2, 0.25) is 0 Å². The third-order valence-electron chi connectivity index (χ3n) is 3.80. The van der Waals surface area contributed by atoms with E-state index in [0.29, 0.717) is 11.6 Å². The monoisotopic (exact) mass is 288 g/mol. The smallest absolute Gasteiger partial charge is 0.274 e. The van der Waals surface area contributed by atoms with E-state index in [1.165, 1.54) is 0 Å². The molecule has 2 heterocycles. The molecule has 1 amide bonds. The lowest BCUT2D eigenvalue weighted by atomic mass is 10.1. The number of aromatic nitrogens is 3. The number of nitrogens with zero attached hydrogens (tertiary/aromatic N) is 3. The molecule has 3 rings (SSSR count). The highest BCUT2D eigenvalue weighted by molar-refractivity contribution is 5.92. The van der Waals surface area contributed by atoms with Crippen LogP contribution in [0.15, 0.2) is 23.0 Å². The maximum atomic E-state index is 12.3. The molecule has 1 fully saturated rings. The van der Waals surface area contributed by atoms with Crippen molar-refractivity contribution < 1.29 is 9.32 Å². The van der Waals surface area contributed by atoms with Crippen LogP contribution in [-0.4, -0.2) is 20.6 Å². The van der Waals surface area contributed by atoms with Crippen LogP contribution >= 0.6 is 0 Å². The summed E-state index contributed by atoms with van der Waals surface area (Å²) in [6, 6.07) is 1.67. The summed E-state index contributed by atoms with van der Waals surface area (Å²) in [5.74, 6) is 1.92. The molecule has 21 heavy (non-hydrogen) atoms. The minimum Gasteiger partial charge on any atom is -0.361 e. The molecular weight excluding hydrogens is 268 g/mol. The van der Waals surface area contributed by atoms with Gasteiger partial charge in [0.1, 0.15) is 11.6 Å².